The first-order valence-electron chi connectivity index (χ1n) is 7.85. The second kappa shape index (κ2) is 6.36. The van der Waals surface area contributed by atoms with Gasteiger partial charge in [0.1, 0.15) is 5.76 Å². The number of nitrogens with zero attached hydrogens (tertiary/aromatic N) is 2. The molecule has 0 saturated carbocycles. The highest BCUT2D eigenvalue weighted by atomic mass is 79.9. The van der Waals surface area contributed by atoms with Crippen molar-refractivity contribution in [3.63, 3.8) is 0 Å². The summed E-state index contributed by atoms with van der Waals surface area (Å²) in [5.74, 6) is 0.534. The van der Waals surface area contributed by atoms with E-state index in [0.29, 0.717) is 24.7 Å². The van der Waals surface area contributed by atoms with Crippen molar-refractivity contribution in [3.05, 3.63) is 46.8 Å². The van der Waals surface area contributed by atoms with Crippen LogP contribution in [0.5, 0.6) is 0 Å². The Bertz CT molecular complexity index is 935. The minimum atomic E-state index is -0.398. The number of anilines is 1. The summed E-state index contributed by atoms with van der Waals surface area (Å²) in [6.07, 6.45) is 1.77. The van der Waals surface area contributed by atoms with Gasteiger partial charge in [0.05, 0.1) is 24.2 Å². The molecule has 2 aromatic heterocycles. The summed E-state index contributed by atoms with van der Waals surface area (Å²) < 4.78 is 6.20. The molecule has 3 aromatic rings. The number of aromatic amines is 1. The van der Waals surface area contributed by atoms with Gasteiger partial charge in [-0.3, -0.25) is 14.7 Å². The van der Waals surface area contributed by atoms with Crippen molar-refractivity contribution in [2.75, 3.05) is 11.9 Å². The lowest BCUT2D eigenvalue weighted by atomic mass is 10.1. The lowest BCUT2D eigenvalue weighted by Gasteiger charge is -2.14. The first-order valence-corrected chi connectivity index (χ1v) is 8.64. The molecular formula is C17H15BrN4O3. The molecule has 1 aliphatic rings. The van der Waals surface area contributed by atoms with Crippen LogP contribution >= 0.6 is 15.9 Å². The van der Waals surface area contributed by atoms with Crippen LogP contribution in [-0.4, -0.2) is 33.5 Å². The van der Waals surface area contributed by atoms with E-state index >= 15 is 0 Å². The van der Waals surface area contributed by atoms with E-state index in [1.165, 1.54) is 0 Å². The van der Waals surface area contributed by atoms with Crippen LogP contribution in [-0.2, 0) is 16.1 Å². The molecular weight excluding hydrogens is 388 g/mol. The lowest BCUT2D eigenvalue weighted by molar-refractivity contribution is -0.128. The zero-order valence-corrected chi connectivity index (χ0v) is 14.7. The molecule has 7 nitrogen and oxygen atoms in total. The van der Waals surface area contributed by atoms with Crippen LogP contribution in [0.15, 0.2) is 45.5 Å². The second-order valence-corrected chi connectivity index (χ2v) is 6.92. The molecule has 1 aliphatic heterocycles. The molecule has 1 fully saturated rings. The quantitative estimate of drug-likeness (QED) is 0.701. The number of likely N-dealkylation sites (tertiary alicyclic amines) is 1. The Labute approximate surface area is 151 Å². The zero-order chi connectivity index (χ0) is 17.4. The fourth-order valence-electron chi connectivity index (χ4n) is 3.00. The summed E-state index contributed by atoms with van der Waals surface area (Å²) in [6, 6.07) is 9.25. The number of benzene rings is 1. The number of H-pyrrole nitrogens is 1. The third-order valence-corrected chi connectivity index (χ3v) is 4.77. The Morgan fingerprint density at radius 3 is 3.12 bits per heavy atom. The number of aromatic nitrogens is 2. The third kappa shape index (κ3) is 3.17. The predicted molar refractivity (Wildman–Crippen MR) is 94.7 cm³/mol. The van der Waals surface area contributed by atoms with Crippen molar-refractivity contribution in [3.8, 4) is 0 Å². The molecule has 3 heterocycles. The maximum atomic E-state index is 12.5. The van der Waals surface area contributed by atoms with Crippen LogP contribution in [0.4, 0.5) is 5.82 Å². The largest absolute Gasteiger partial charge is 0.467 e. The van der Waals surface area contributed by atoms with Gasteiger partial charge in [0.25, 0.3) is 0 Å². The van der Waals surface area contributed by atoms with Crippen molar-refractivity contribution in [2.45, 2.75) is 13.0 Å². The Morgan fingerprint density at radius 1 is 1.44 bits per heavy atom. The average molecular weight is 403 g/mol. The Kier molecular flexibility index (Phi) is 4.04. The molecule has 128 valence electrons. The van der Waals surface area contributed by atoms with E-state index in [1.54, 1.807) is 17.2 Å². The summed E-state index contributed by atoms with van der Waals surface area (Å²) in [5, 5.41) is 10.7. The van der Waals surface area contributed by atoms with Crippen LogP contribution in [0.2, 0.25) is 0 Å². The summed E-state index contributed by atoms with van der Waals surface area (Å²) >= 11 is 3.40. The van der Waals surface area contributed by atoms with E-state index in [9.17, 15) is 9.59 Å². The number of halogens is 1. The highest BCUT2D eigenvalue weighted by Crippen LogP contribution is 2.26. The summed E-state index contributed by atoms with van der Waals surface area (Å²) in [6.45, 7) is 0.758. The van der Waals surface area contributed by atoms with E-state index in [0.717, 1.165) is 15.4 Å². The highest BCUT2D eigenvalue weighted by Gasteiger charge is 2.35. The normalized spacial score (nSPS) is 17.4. The van der Waals surface area contributed by atoms with Gasteiger partial charge in [-0.05, 0) is 30.3 Å². The predicted octanol–water partition coefficient (Wildman–Crippen LogP) is 2.91. The molecule has 1 aromatic carbocycles. The van der Waals surface area contributed by atoms with Crippen molar-refractivity contribution in [1.82, 2.24) is 15.1 Å². The van der Waals surface area contributed by atoms with E-state index in [1.807, 2.05) is 24.3 Å². The summed E-state index contributed by atoms with van der Waals surface area (Å²) in [7, 11) is 0. The van der Waals surface area contributed by atoms with Crippen LogP contribution in [0.3, 0.4) is 0 Å². The van der Waals surface area contributed by atoms with E-state index in [-0.39, 0.29) is 18.2 Å². The lowest BCUT2D eigenvalue weighted by Crippen LogP contribution is -2.28. The first-order chi connectivity index (χ1) is 12.1. The molecule has 25 heavy (non-hydrogen) atoms. The molecule has 8 heteroatoms. The monoisotopic (exact) mass is 402 g/mol. The molecule has 4 rings (SSSR count). The first kappa shape index (κ1) is 15.9. The maximum Gasteiger partial charge on any atom is 0.231 e. The average Bonchev–Trinajstić information content (AvgIpc) is 3.30. The highest BCUT2D eigenvalue weighted by molar-refractivity contribution is 9.10. The number of hydrogen-bond acceptors (Lipinski definition) is 4. The molecule has 0 unspecified atom stereocenters. The van der Waals surface area contributed by atoms with Gasteiger partial charge < -0.3 is 14.6 Å². The molecule has 0 radical (unpaired) electrons. The Balaban J connectivity index is 1.45. The molecule has 0 spiro atoms. The Morgan fingerprint density at radius 2 is 2.32 bits per heavy atom. The number of fused-ring (bicyclic) bond motifs is 1. The van der Waals surface area contributed by atoms with E-state index in [2.05, 4.69) is 31.4 Å². The molecule has 0 bridgehead atoms. The van der Waals surface area contributed by atoms with Gasteiger partial charge in [-0.1, -0.05) is 15.9 Å². The fourth-order valence-corrected chi connectivity index (χ4v) is 3.36. The summed E-state index contributed by atoms with van der Waals surface area (Å²) in [4.78, 5) is 26.3. The van der Waals surface area contributed by atoms with Crippen molar-refractivity contribution in [1.29, 1.82) is 0 Å². The van der Waals surface area contributed by atoms with Gasteiger partial charge in [-0.2, -0.15) is 5.10 Å². The number of hydrogen-bond donors (Lipinski definition) is 2. The molecule has 2 amide bonds. The molecule has 1 atom stereocenters. The van der Waals surface area contributed by atoms with Gasteiger partial charge in [-0.15, -0.1) is 0 Å². The smallest absolute Gasteiger partial charge is 0.231 e. The number of carbonyl (C=O) groups excluding carboxylic acids is 2. The van der Waals surface area contributed by atoms with Crippen LogP contribution < -0.4 is 5.32 Å². The van der Waals surface area contributed by atoms with Crippen LogP contribution in [0, 0.1) is 5.92 Å². The fraction of sp³-hybridized carbons (Fsp3) is 0.235. The molecule has 0 aliphatic carbocycles. The Hall–Kier alpha value is -2.61. The summed E-state index contributed by atoms with van der Waals surface area (Å²) in [5.41, 5.74) is 0.826. The van der Waals surface area contributed by atoms with Crippen LogP contribution in [0.1, 0.15) is 12.2 Å². The van der Waals surface area contributed by atoms with Gasteiger partial charge in [0.15, 0.2) is 5.82 Å². The standard InChI is InChI=1S/C17H15BrN4O3/c18-11-3-4-13-14(7-11)20-21-16(13)19-17(24)10-6-15(23)22(8-10)9-12-2-1-5-25-12/h1-5,7,10H,6,8-9H2,(H2,19,20,21,24)/t10-/m1/s1. The van der Waals surface area contributed by atoms with Gasteiger partial charge in [0, 0.05) is 22.8 Å². The van der Waals surface area contributed by atoms with E-state index < -0.39 is 5.92 Å². The van der Waals surface area contributed by atoms with Crippen LogP contribution in [0.25, 0.3) is 10.9 Å². The van der Waals surface area contributed by atoms with Crippen molar-refractivity contribution in [2.24, 2.45) is 5.92 Å². The number of rotatable bonds is 4. The second-order valence-electron chi connectivity index (χ2n) is 6.01. The zero-order valence-electron chi connectivity index (χ0n) is 13.2. The van der Waals surface area contributed by atoms with Crippen molar-refractivity contribution < 1.29 is 14.0 Å². The van der Waals surface area contributed by atoms with Gasteiger partial charge in [0.2, 0.25) is 11.8 Å². The van der Waals surface area contributed by atoms with E-state index in [4.69, 9.17) is 4.42 Å². The minimum absolute atomic E-state index is 0.0487. The number of amides is 2. The van der Waals surface area contributed by atoms with Crippen molar-refractivity contribution >= 4 is 44.5 Å². The number of carbonyl (C=O) groups is 2. The molecule has 1 saturated heterocycles. The minimum Gasteiger partial charge on any atom is -0.467 e. The maximum absolute atomic E-state index is 12.5. The number of furan rings is 1. The number of nitrogens with one attached hydrogen (secondary N) is 2. The topological polar surface area (TPSA) is 91.2 Å². The molecule has 2 N–H and O–H groups in total. The van der Waals surface area contributed by atoms with Gasteiger partial charge >= 0.3 is 0 Å². The SMILES string of the molecule is O=C(Nc1n[nH]c2cc(Br)ccc12)[C@@H]1CC(=O)N(Cc2ccco2)C1. The van der Waals surface area contributed by atoms with Gasteiger partial charge in [-0.25, -0.2) is 0 Å². The third-order valence-electron chi connectivity index (χ3n) is 4.28.